The standard InChI is InChI=1S/C8H14O5S.Na/c1-4-5-7(14(10,11)12)13-8(9)6(2)3;/h7H,2,4-5H2,1,3H3,(H,10,11,12);/q;+1/p-1. The summed E-state index contributed by atoms with van der Waals surface area (Å²) in [5.74, 6) is -0.858. The van der Waals surface area contributed by atoms with Crippen LogP contribution in [0.3, 0.4) is 0 Å². The maximum absolute atomic E-state index is 10.9. The van der Waals surface area contributed by atoms with Crippen molar-refractivity contribution in [3.8, 4) is 0 Å². The van der Waals surface area contributed by atoms with Crippen molar-refractivity contribution >= 4 is 16.1 Å². The zero-order valence-electron chi connectivity index (χ0n) is 9.15. The van der Waals surface area contributed by atoms with Crippen LogP contribution in [0, 0.1) is 0 Å². The van der Waals surface area contributed by atoms with Gasteiger partial charge in [0.2, 0.25) is 0 Å². The van der Waals surface area contributed by atoms with Crippen molar-refractivity contribution < 1.29 is 52.1 Å². The molecule has 0 aliphatic rings. The fourth-order valence-corrected chi connectivity index (χ4v) is 1.45. The molecule has 0 bridgehead atoms. The van der Waals surface area contributed by atoms with E-state index in [1.807, 2.05) is 0 Å². The first-order valence-electron chi connectivity index (χ1n) is 4.10. The van der Waals surface area contributed by atoms with E-state index in [0.29, 0.717) is 6.42 Å². The van der Waals surface area contributed by atoms with Crippen molar-refractivity contribution in [3.63, 3.8) is 0 Å². The van der Waals surface area contributed by atoms with Gasteiger partial charge >= 0.3 is 35.5 Å². The summed E-state index contributed by atoms with van der Waals surface area (Å²) >= 11 is 0. The molecule has 5 nitrogen and oxygen atoms in total. The zero-order chi connectivity index (χ0) is 11.4. The fourth-order valence-electron chi connectivity index (χ4n) is 0.718. The van der Waals surface area contributed by atoms with Gasteiger partial charge in [0.1, 0.15) is 10.1 Å². The number of hydrogen-bond acceptors (Lipinski definition) is 5. The third-order valence-corrected chi connectivity index (χ3v) is 2.41. The second-order valence-corrected chi connectivity index (χ2v) is 4.41. The van der Waals surface area contributed by atoms with Gasteiger partial charge in [0.25, 0.3) is 0 Å². The van der Waals surface area contributed by atoms with E-state index in [1.54, 1.807) is 6.92 Å². The smallest absolute Gasteiger partial charge is 0.745 e. The predicted molar refractivity (Wildman–Crippen MR) is 49.3 cm³/mol. The van der Waals surface area contributed by atoms with E-state index in [-0.39, 0.29) is 41.6 Å². The second kappa shape index (κ2) is 7.40. The average molecular weight is 244 g/mol. The molecule has 7 heteroatoms. The zero-order valence-corrected chi connectivity index (χ0v) is 12.0. The molecule has 0 aliphatic heterocycles. The summed E-state index contributed by atoms with van der Waals surface area (Å²) in [6, 6.07) is 0. The Morgan fingerprint density at radius 3 is 2.27 bits per heavy atom. The summed E-state index contributed by atoms with van der Waals surface area (Å²) in [5, 5.41) is 0. The third kappa shape index (κ3) is 7.08. The molecule has 0 rings (SSSR count). The maximum Gasteiger partial charge on any atom is 1.00 e. The summed E-state index contributed by atoms with van der Waals surface area (Å²) < 4.78 is 36.3. The van der Waals surface area contributed by atoms with Crippen LogP contribution < -0.4 is 29.6 Å². The van der Waals surface area contributed by atoms with Crippen LogP contribution in [-0.4, -0.2) is 24.4 Å². The molecule has 0 N–H and O–H groups in total. The van der Waals surface area contributed by atoms with Crippen LogP contribution in [0.4, 0.5) is 0 Å². The Morgan fingerprint density at radius 1 is 1.53 bits per heavy atom. The van der Waals surface area contributed by atoms with Gasteiger partial charge in [-0.1, -0.05) is 19.9 Å². The van der Waals surface area contributed by atoms with Crippen LogP contribution in [-0.2, 0) is 19.6 Å². The Labute approximate surface area is 112 Å². The SMILES string of the molecule is C=C(C)C(=O)OC(CCC)S(=O)(=O)[O-].[Na+]. The minimum Gasteiger partial charge on any atom is -0.745 e. The van der Waals surface area contributed by atoms with Gasteiger partial charge in [-0.15, -0.1) is 0 Å². The monoisotopic (exact) mass is 244 g/mol. The van der Waals surface area contributed by atoms with Crippen molar-refractivity contribution in [2.45, 2.75) is 32.1 Å². The second-order valence-electron chi connectivity index (χ2n) is 2.90. The van der Waals surface area contributed by atoms with Crippen molar-refractivity contribution in [2.75, 3.05) is 0 Å². The number of rotatable bonds is 5. The van der Waals surface area contributed by atoms with E-state index in [1.165, 1.54) is 6.92 Å². The van der Waals surface area contributed by atoms with Gasteiger partial charge in [-0.2, -0.15) is 0 Å². The molecule has 1 atom stereocenters. The van der Waals surface area contributed by atoms with Crippen LogP contribution >= 0.6 is 0 Å². The van der Waals surface area contributed by atoms with Crippen molar-refractivity contribution in [2.24, 2.45) is 0 Å². The molecule has 0 saturated carbocycles. The van der Waals surface area contributed by atoms with E-state index in [0.717, 1.165) is 0 Å². The van der Waals surface area contributed by atoms with Crippen molar-refractivity contribution in [3.05, 3.63) is 12.2 Å². The van der Waals surface area contributed by atoms with Gasteiger partial charge in [-0.05, 0) is 13.3 Å². The van der Waals surface area contributed by atoms with Crippen LogP contribution in [0.5, 0.6) is 0 Å². The summed E-state index contributed by atoms with van der Waals surface area (Å²) in [5.41, 5.74) is -1.54. The van der Waals surface area contributed by atoms with Gasteiger partial charge in [-0.3, -0.25) is 0 Å². The quantitative estimate of drug-likeness (QED) is 0.237. The van der Waals surface area contributed by atoms with E-state index < -0.39 is 21.5 Å². The van der Waals surface area contributed by atoms with Crippen LogP contribution in [0.1, 0.15) is 26.7 Å². The molecule has 1 unspecified atom stereocenters. The number of ether oxygens (including phenoxy) is 1. The number of hydrogen-bond donors (Lipinski definition) is 0. The maximum atomic E-state index is 10.9. The Bertz CT molecular complexity index is 322. The Hall–Kier alpha value is 0.120. The fraction of sp³-hybridized carbons (Fsp3) is 0.625. The Morgan fingerprint density at radius 2 is 2.00 bits per heavy atom. The normalized spacial score (nSPS) is 12.5. The summed E-state index contributed by atoms with van der Waals surface area (Å²) in [4.78, 5) is 10.9. The van der Waals surface area contributed by atoms with Gasteiger partial charge in [-0.25, -0.2) is 13.2 Å². The molecule has 0 radical (unpaired) electrons. The first kappa shape index (κ1) is 17.5. The summed E-state index contributed by atoms with van der Waals surface area (Å²) in [6.07, 6.45) is 0.445. The summed E-state index contributed by atoms with van der Waals surface area (Å²) in [7, 11) is -4.59. The van der Waals surface area contributed by atoms with Crippen LogP contribution in [0.15, 0.2) is 12.2 Å². The molecule has 0 aromatic heterocycles. The molecule has 0 fully saturated rings. The van der Waals surface area contributed by atoms with E-state index in [4.69, 9.17) is 0 Å². The molecule has 0 saturated heterocycles. The molecular weight excluding hydrogens is 231 g/mol. The van der Waals surface area contributed by atoms with E-state index in [2.05, 4.69) is 11.3 Å². The van der Waals surface area contributed by atoms with Crippen LogP contribution in [0.2, 0.25) is 0 Å². The number of carbonyl (C=O) groups is 1. The van der Waals surface area contributed by atoms with E-state index in [9.17, 15) is 17.8 Å². The number of esters is 1. The molecular formula is C8H13NaO5S. The Balaban J connectivity index is 0. The van der Waals surface area contributed by atoms with Gasteiger partial charge in [0.05, 0.1) is 0 Å². The molecule has 0 aliphatic carbocycles. The molecule has 0 aromatic carbocycles. The minimum atomic E-state index is -4.59. The third-order valence-electron chi connectivity index (χ3n) is 1.43. The largest absolute Gasteiger partial charge is 1.00 e. The molecule has 82 valence electrons. The topological polar surface area (TPSA) is 83.5 Å². The molecule has 15 heavy (non-hydrogen) atoms. The van der Waals surface area contributed by atoms with Crippen molar-refractivity contribution in [1.82, 2.24) is 0 Å². The molecule has 0 heterocycles. The van der Waals surface area contributed by atoms with Crippen molar-refractivity contribution in [1.29, 1.82) is 0 Å². The first-order chi connectivity index (χ1) is 6.29. The molecule has 0 amide bonds. The Kier molecular flexibility index (Phi) is 8.64. The number of carbonyl (C=O) groups excluding carboxylic acids is 1. The van der Waals surface area contributed by atoms with Gasteiger partial charge in [0.15, 0.2) is 5.44 Å². The first-order valence-corrected chi connectivity index (χ1v) is 5.57. The van der Waals surface area contributed by atoms with E-state index >= 15 is 0 Å². The molecule has 0 spiro atoms. The van der Waals surface area contributed by atoms with Crippen LogP contribution in [0.25, 0.3) is 0 Å². The minimum absolute atomic E-state index is 0. The van der Waals surface area contributed by atoms with Gasteiger partial charge in [0, 0.05) is 5.57 Å². The van der Waals surface area contributed by atoms with Gasteiger partial charge < -0.3 is 9.29 Å². The summed E-state index contributed by atoms with van der Waals surface area (Å²) in [6.45, 7) is 6.34. The molecule has 0 aromatic rings. The average Bonchev–Trinajstić information content (AvgIpc) is 2.01. The predicted octanol–water partition coefficient (Wildman–Crippen LogP) is -2.22.